The van der Waals surface area contributed by atoms with E-state index in [9.17, 15) is 9.59 Å². The lowest BCUT2D eigenvalue weighted by atomic mass is 10.0. The van der Waals surface area contributed by atoms with Crippen LogP contribution in [0.2, 0.25) is 0 Å². The van der Waals surface area contributed by atoms with Gasteiger partial charge in [-0.3, -0.25) is 9.59 Å². The van der Waals surface area contributed by atoms with Gasteiger partial charge in [0.05, 0.1) is 18.4 Å². The van der Waals surface area contributed by atoms with E-state index in [1.165, 1.54) is 4.90 Å². The molecule has 1 aliphatic rings. The summed E-state index contributed by atoms with van der Waals surface area (Å²) < 4.78 is 5.25. The summed E-state index contributed by atoms with van der Waals surface area (Å²) in [6, 6.07) is 18.8. The van der Waals surface area contributed by atoms with E-state index in [0.717, 1.165) is 27.9 Å². The van der Waals surface area contributed by atoms with E-state index in [4.69, 9.17) is 4.74 Å². The fourth-order valence-electron chi connectivity index (χ4n) is 3.96. The molecular formula is C27H26N2O3. The molecule has 2 amide bonds. The van der Waals surface area contributed by atoms with Gasteiger partial charge in [-0.15, -0.1) is 0 Å². The third-order valence-corrected chi connectivity index (χ3v) is 5.70. The number of amides is 2. The van der Waals surface area contributed by atoms with E-state index in [2.05, 4.69) is 11.4 Å². The molecule has 5 heteroatoms. The van der Waals surface area contributed by atoms with E-state index in [1.54, 1.807) is 31.4 Å². The van der Waals surface area contributed by atoms with E-state index in [1.807, 2.05) is 58.0 Å². The number of nitrogens with one attached hydrogen (secondary N) is 1. The molecule has 0 fully saturated rings. The largest absolute Gasteiger partial charge is 0.497 e. The Morgan fingerprint density at radius 3 is 2.00 bits per heavy atom. The maximum atomic E-state index is 13.6. The highest BCUT2D eigenvalue weighted by Crippen LogP contribution is 2.35. The van der Waals surface area contributed by atoms with Gasteiger partial charge in [-0.25, -0.2) is 4.90 Å². The monoisotopic (exact) mass is 426 g/mol. The second-order valence-corrected chi connectivity index (χ2v) is 8.19. The average molecular weight is 427 g/mol. The van der Waals surface area contributed by atoms with Gasteiger partial charge in [0.25, 0.3) is 11.8 Å². The van der Waals surface area contributed by atoms with Gasteiger partial charge >= 0.3 is 0 Å². The van der Waals surface area contributed by atoms with E-state index in [0.29, 0.717) is 22.6 Å². The molecule has 0 unspecified atom stereocenters. The van der Waals surface area contributed by atoms with Crippen LogP contribution < -0.4 is 15.0 Å². The molecule has 0 bridgehead atoms. The molecule has 5 nitrogen and oxygen atoms in total. The van der Waals surface area contributed by atoms with Crippen molar-refractivity contribution in [2.24, 2.45) is 0 Å². The fourth-order valence-corrected chi connectivity index (χ4v) is 3.96. The first-order valence-corrected chi connectivity index (χ1v) is 10.5. The number of rotatable bonds is 5. The molecule has 0 aliphatic carbocycles. The molecule has 0 saturated heterocycles. The van der Waals surface area contributed by atoms with Gasteiger partial charge in [0.2, 0.25) is 0 Å². The minimum absolute atomic E-state index is 0.267. The van der Waals surface area contributed by atoms with Crippen LogP contribution in [0.15, 0.2) is 66.4 Å². The molecule has 1 N–H and O–H groups in total. The van der Waals surface area contributed by atoms with Gasteiger partial charge in [0.1, 0.15) is 11.4 Å². The lowest BCUT2D eigenvalue weighted by Crippen LogP contribution is -2.32. The van der Waals surface area contributed by atoms with Crippen molar-refractivity contribution >= 4 is 28.8 Å². The van der Waals surface area contributed by atoms with E-state index in [-0.39, 0.29) is 17.5 Å². The molecule has 0 radical (unpaired) electrons. The summed E-state index contributed by atoms with van der Waals surface area (Å²) in [5, 5.41) is 3.24. The van der Waals surface area contributed by atoms with Crippen LogP contribution in [0.4, 0.5) is 11.4 Å². The molecule has 32 heavy (non-hydrogen) atoms. The molecule has 1 aliphatic heterocycles. The van der Waals surface area contributed by atoms with E-state index >= 15 is 0 Å². The predicted molar refractivity (Wildman–Crippen MR) is 128 cm³/mol. The number of methoxy groups -OCH3 is 1. The standard InChI is InChI=1S/C27H26N2O3/c1-16-12-17(2)14-21(13-16)28-25-24(20-7-10-23(32-5)11-8-20)26(30)29(27(25)31)22-9-6-18(3)19(4)15-22/h6-15,28H,1-5H3. The number of ether oxygens (including phenoxy) is 1. The Morgan fingerprint density at radius 2 is 1.41 bits per heavy atom. The number of anilines is 2. The first-order chi connectivity index (χ1) is 15.3. The maximum Gasteiger partial charge on any atom is 0.282 e. The Balaban J connectivity index is 1.83. The molecule has 162 valence electrons. The Kier molecular flexibility index (Phi) is 5.57. The van der Waals surface area contributed by atoms with Gasteiger partial charge in [-0.1, -0.05) is 24.3 Å². The Labute approximate surface area is 188 Å². The normalized spacial score (nSPS) is 13.7. The molecule has 3 aromatic rings. The van der Waals surface area contributed by atoms with Crippen molar-refractivity contribution < 1.29 is 14.3 Å². The van der Waals surface area contributed by atoms with Crippen molar-refractivity contribution in [3.8, 4) is 5.75 Å². The number of carbonyl (C=O) groups excluding carboxylic acids is 2. The number of carbonyl (C=O) groups is 2. The Bertz CT molecular complexity index is 1240. The van der Waals surface area contributed by atoms with Gasteiger partial charge < -0.3 is 10.1 Å². The molecule has 0 atom stereocenters. The summed E-state index contributed by atoms with van der Waals surface area (Å²) in [4.78, 5) is 28.4. The minimum Gasteiger partial charge on any atom is -0.497 e. The molecule has 0 spiro atoms. The lowest BCUT2D eigenvalue weighted by molar-refractivity contribution is -0.120. The molecule has 0 saturated carbocycles. The highest BCUT2D eigenvalue weighted by Gasteiger charge is 2.40. The van der Waals surface area contributed by atoms with Gasteiger partial charge in [-0.2, -0.15) is 0 Å². The number of aryl methyl sites for hydroxylation is 4. The summed E-state index contributed by atoms with van der Waals surface area (Å²) in [6.07, 6.45) is 0. The quantitative estimate of drug-likeness (QED) is 0.561. The number of hydrogen-bond acceptors (Lipinski definition) is 4. The number of nitrogens with zero attached hydrogens (tertiary/aromatic N) is 1. The fraction of sp³-hybridized carbons (Fsp3) is 0.185. The van der Waals surface area contributed by atoms with Crippen LogP contribution in [0.25, 0.3) is 5.57 Å². The molecular weight excluding hydrogens is 400 g/mol. The average Bonchev–Trinajstić information content (AvgIpc) is 2.99. The summed E-state index contributed by atoms with van der Waals surface area (Å²) in [7, 11) is 1.59. The first-order valence-electron chi connectivity index (χ1n) is 10.5. The SMILES string of the molecule is COc1ccc(C2=C(Nc3cc(C)cc(C)c3)C(=O)N(c3ccc(C)c(C)c3)C2=O)cc1. The molecule has 1 heterocycles. The van der Waals surface area contributed by atoms with Gasteiger partial charge in [0, 0.05) is 5.69 Å². The minimum atomic E-state index is -0.372. The molecule has 3 aromatic carbocycles. The van der Waals surface area contributed by atoms with Crippen molar-refractivity contribution in [2.75, 3.05) is 17.3 Å². The molecule has 4 rings (SSSR count). The van der Waals surface area contributed by atoms with Crippen molar-refractivity contribution in [3.05, 3.63) is 94.2 Å². The van der Waals surface area contributed by atoms with E-state index < -0.39 is 0 Å². The van der Waals surface area contributed by atoms with Crippen molar-refractivity contribution in [1.29, 1.82) is 0 Å². The van der Waals surface area contributed by atoms with Crippen LogP contribution in [0.3, 0.4) is 0 Å². The highest BCUT2D eigenvalue weighted by molar-refractivity contribution is 6.46. The Morgan fingerprint density at radius 1 is 0.750 bits per heavy atom. The van der Waals surface area contributed by atoms with Crippen LogP contribution in [-0.4, -0.2) is 18.9 Å². The summed E-state index contributed by atoms with van der Waals surface area (Å²) >= 11 is 0. The van der Waals surface area contributed by atoms with Crippen LogP contribution in [-0.2, 0) is 9.59 Å². The van der Waals surface area contributed by atoms with Crippen LogP contribution in [0.1, 0.15) is 27.8 Å². The zero-order chi connectivity index (χ0) is 23.0. The zero-order valence-electron chi connectivity index (χ0n) is 18.9. The summed E-state index contributed by atoms with van der Waals surface area (Å²) in [5.41, 5.74) is 6.86. The maximum absolute atomic E-state index is 13.6. The van der Waals surface area contributed by atoms with Crippen molar-refractivity contribution in [3.63, 3.8) is 0 Å². The number of hydrogen-bond donors (Lipinski definition) is 1. The third-order valence-electron chi connectivity index (χ3n) is 5.70. The van der Waals surface area contributed by atoms with Gasteiger partial charge in [-0.05, 0) is 91.9 Å². The van der Waals surface area contributed by atoms with Crippen LogP contribution in [0, 0.1) is 27.7 Å². The topological polar surface area (TPSA) is 58.6 Å². The molecule has 0 aromatic heterocycles. The number of imide groups is 1. The summed E-state index contributed by atoms with van der Waals surface area (Å²) in [5.74, 6) is -0.0421. The number of benzene rings is 3. The van der Waals surface area contributed by atoms with Crippen molar-refractivity contribution in [1.82, 2.24) is 0 Å². The van der Waals surface area contributed by atoms with Crippen LogP contribution in [0.5, 0.6) is 5.75 Å². The summed E-state index contributed by atoms with van der Waals surface area (Å²) in [6.45, 7) is 7.97. The first kappa shape index (κ1) is 21.4. The van der Waals surface area contributed by atoms with Gasteiger partial charge in [0.15, 0.2) is 0 Å². The van der Waals surface area contributed by atoms with Crippen molar-refractivity contribution in [2.45, 2.75) is 27.7 Å². The Hall–Kier alpha value is -3.86. The second-order valence-electron chi connectivity index (χ2n) is 8.19. The second kappa shape index (κ2) is 8.35. The highest BCUT2D eigenvalue weighted by atomic mass is 16.5. The lowest BCUT2D eigenvalue weighted by Gasteiger charge is -2.17. The zero-order valence-corrected chi connectivity index (χ0v) is 18.9. The third kappa shape index (κ3) is 3.89. The van der Waals surface area contributed by atoms with Crippen LogP contribution >= 0.6 is 0 Å². The smallest absolute Gasteiger partial charge is 0.282 e. The predicted octanol–water partition coefficient (Wildman–Crippen LogP) is 5.33.